The molecule has 0 saturated carbocycles. The maximum Gasteiger partial charge on any atom is 0.322 e. The van der Waals surface area contributed by atoms with Crippen molar-refractivity contribution in [3.8, 4) is 0 Å². The van der Waals surface area contributed by atoms with Crippen molar-refractivity contribution in [2.24, 2.45) is 0 Å². The Labute approximate surface area is 135 Å². The molecule has 3 rings (SSSR count). The Morgan fingerprint density at radius 1 is 1.14 bits per heavy atom. The van der Waals surface area contributed by atoms with E-state index in [1.807, 2.05) is 47.4 Å². The van der Waals surface area contributed by atoms with E-state index in [2.05, 4.69) is 11.4 Å². The Kier molecular flexibility index (Phi) is 4.64. The lowest BCUT2D eigenvalue weighted by Gasteiger charge is -2.23. The van der Waals surface area contributed by atoms with E-state index in [9.17, 15) is 4.79 Å². The van der Waals surface area contributed by atoms with Crippen LogP contribution < -0.4 is 10.2 Å². The first-order chi connectivity index (χ1) is 10.7. The number of aryl methyl sites for hydroxylation is 1. The van der Waals surface area contributed by atoms with Gasteiger partial charge in [0.25, 0.3) is 0 Å². The van der Waals surface area contributed by atoms with Gasteiger partial charge in [-0.05, 0) is 48.6 Å². The summed E-state index contributed by atoms with van der Waals surface area (Å²) in [5.74, 6) is 0. The Hall–Kier alpha value is -2.00. The minimum Gasteiger partial charge on any atom is -0.334 e. The molecule has 22 heavy (non-hydrogen) atoms. The number of carbonyl (C=O) groups excluding carboxylic acids is 1. The summed E-state index contributed by atoms with van der Waals surface area (Å²) in [4.78, 5) is 14.4. The van der Waals surface area contributed by atoms with Gasteiger partial charge in [0, 0.05) is 23.8 Å². The summed E-state index contributed by atoms with van der Waals surface area (Å²) >= 11 is 5.97. The van der Waals surface area contributed by atoms with Gasteiger partial charge < -0.3 is 5.32 Å². The van der Waals surface area contributed by atoms with Gasteiger partial charge in [0.2, 0.25) is 0 Å². The van der Waals surface area contributed by atoms with Crippen LogP contribution in [0.4, 0.5) is 10.5 Å². The van der Waals surface area contributed by atoms with Gasteiger partial charge >= 0.3 is 6.03 Å². The summed E-state index contributed by atoms with van der Waals surface area (Å²) in [6, 6.07) is 15.7. The van der Waals surface area contributed by atoms with Crippen molar-refractivity contribution in [1.82, 2.24) is 5.32 Å². The van der Waals surface area contributed by atoms with Crippen molar-refractivity contribution in [2.75, 3.05) is 11.4 Å². The minimum atomic E-state index is -0.0469. The number of halogens is 1. The van der Waals surface area contributed by atoms with Crippen LogP contribution in [0.1, 0.15) is 24.0 Å². The van der Waals surface area contributed by atoms with Crippen molar-refractivity contribution in [2.45, 2.75) is 25.8 Å². The molecule has 0 saturated heterocycles. The average molecular weight is 315 g/mol. The second-order valence-electron chi connectivity index (χ2n) is 5.53. The third-order valence-corrected chi connectivity index (χ3v) is 4.17. The SMILES string of the molecule is O=C(NCc1cccc(Cl)c1)N1CCCCc2ccccc21. The van der Waals surface area contributed by atoms with E-state index < -0.39 is 0 Å². The summed E-state index contributed by atoms with van der Waals surface area (Å²) in [5.41, 5.74) is 3.28. The summed E-state index contributed by atoms with van der Waals surface area (Å²) < 4.78 is 0. The molecule has 0 aliphatic carbocycles. The molecule has 0 bridgehead atoms. The Bertz CT molecular complexity index is 672. The van der Waals surface area contributed by atoms with Gasteiger partial charge in [-0.15, -0.1) is 0 Å². The largest absolute Gasteiger partial charge is 0.334 e. The van der Waals surface area contributed by atoms with E-state index in [1.165, 1.54) is 5.56 Å². The van der Waals surface area contributed by atoms with Crippen molar-refractivity contribution >= 4 is 23.3 Å². The zero-order valence-corrected chi connectivity index (χ0v) is 13.1. The second-order valence-corrected chi connectivity index (χ2v) is 5.96. The molecule has 0 aromatic heterocycles. The number of carbonyl (C=O) groups is 1. The lowest BCUT2D eigenvalue weighted by molar-refractivity contribution is 0.246. The van der Waals surface area contributed by atoms with Crippen LogP contribution in [0.15, 0.2) is 48.5 Å². The third kappa shape index (κ3) is 3.42. The molecule has 2 aromatic carbocycles. The molecule has 1 aliphatic heterocycles. The van der Waals surface area contributed by atoms with Gasteiger partial charge in [-0.25, -0.2) is 4.79 Å². The number of anilines is 1. The highest BCUT2D eigenvalue weighted by molar-refractivity contribution is 6.30. The first kappa shape index (κ1) is 14.9. The fraction of sp³-hybridized carbons (Fsp3) is 0.278. The van der Waals surface area contributed by atoms with Gasteiger partial charge in [0.1, 0.15) is 0 Å². The first-order valence-corrected chi connectivity index (χ1v) is 7.99. The zero-order valence-electron chi connectivity index (χ0n) is 12.4. The molecule has 0 spiro atoms. The number of hydrogen-bond donors (Lipinski definition) is 1. The monoisotopic (exact) mass is 314 g/mol. The highest BCUT2D eigenvalue weighted by Crippen LogP contribution is 2.26. The van der Waals surface area contributed by atoms with Crippen LogP contribution in [0.5, 0.6) is 0 Å². The molecule has 4 heteroatoms. The van der Waals surface area contributed by atoms with Crippen molar-refractivity contribution < 1.29 is 4.79 Å². The zero-order chi connectivity index (χ0) is 15.4. The quantitative estimate of drug-likeness (QED) is 0.876. The van der Waals surface area contributed by atoms with E-state index in [0.717, 1.165) is 37.1 Å². The van der Waals surface area contributed by atoms with Crippen LogP contribution >= 0.6 is 11.6 Å². The van der Waals surface area contributed by atoms with Crippen LogP contribution in [0.3, 0.4) is 0 Å². The van der Waals surface area contributed by atoms with Crippen LogP contribution in [-0.2, 0) is 13.0 Å². The molecule has 0 radical (unpaired) electrons. The van der Waals surface area contributed by atoms with Crippen molar-refractivity contribution in [1.29, 1.82) is 0 Å². The summed E-state index contributed by atoms with van der Waals surface area (Å²) in [7, 11) is 0. The Morgan fingerprint density at radius 2 is 2.00 bits per heavy atom. The van der Waals surface area contributed by atoms with Crippen LogP contribution in [0.2, 0.25) is 5.02 Å². The molecule has 0 atom stereocenters. The number of urea groups is 1. The van der Waals surface area contributed by atoms with E-state index in [-0.39, 0.29) is 6.03 Å². The fourth-order valence-electron chi connectivity index (χ4n) is 2.82. The summed E-state index contributed by atoms with van der Waals surface area (Å²) in [6.45, 7) is 1.25. The molecule has 0 fully saturated rings. The molecular weight excluding hydrogens is 296 g/mol. The highest BCUT2D eigenvalue weighted by atomic mass is 35.5. The van der Waals surface area contributed by atoms with Gasteiger partial charge in [-0.1, -0.05) is 41.9 Å². The molecule has 0 unspecified atom stereocenters. The summed E-state index contributed by atoms with van der Waals surface area (Å²) in [6.07, 6.45) is 3.18. The van der Waals surface area contributed by atoms with Crippen molar-refractivity contribution in [3.05, 3.63) is 64.7 Å². The topological polar surface area (TPSA) is 32.3 Å². The van der Waals surface area contributed by atoms with E-state index in [1.54, 1.807) is 0 Å². The molecule has 3 nitrogen and oxygen atoms in total. The smallest absolute Gasteiger partial charge is 0.322 e. The van der Waals surface area contributed by atoms with E-state index in [4.69, 9.17) is 11.6 Å². The predicted octanol–water partition coefficient (Wildman–Crippen LogP) is 4.39. The van der Waals surface area contributed by atoms with Gasteiger partial charge in [0.15, 0.2) is 0 Å². The molecular formula is C18H19ClN2O. The van der Waals surface area contributed by atoms with Crippen molar-refractivity contribution in [3.63, 3.8) is 0 Å². The van der Waals surface area contributed by atoms with Crippen LogP contribution in [0.25, 0.3) is 0 Å². The number of rotatable bonds is 2. The second kappa shape index (κ2) is 6.84. The minimum absolute atomic E-state index is 0.0469. The van der Waals surface area contributed by atoms with Gasteiger partial charge in [-0.2, -0.15) is 0 Å². The Morgan fingerprint density at radius 3 is 2.86 bits per heavy atom. The Balaban J connectivity index is 1.72. The molecule has 1 N–H and O–H groups in total. The lowest BCUT2D eigenvalue weighted by Crippen LogP contribution is -2.40. The summed E-state index contributed by atoms with van der Waals surface area (Å²) in [5, 5.41) is 3.68. The number of hydrogen-bond acceptors (Lipinski definition) is 1. The predicted molar refractivity (Wildman–Crippen MR) is 90.4 cm³/mol. The molecule has 1 heterocycles. The fourth-order valence-corrected chi connectivity index (χ4v) is 3.04. The molecule has 2 amide bonds. The van der Waals surface area contributed by atoms with E-state index in [0.29, 0.717) is 11.6 Å². The molecule has 114 valence electrons. The van der Waals surface area contributed by atoms with E-state index >= 15 is 0 Å². The maximum absolute atomic E-state index is 12.6. The number of para-hydroxylation sites is 1. The molecule has 1 aliphatic rings. The number of nitrogens with zero attached hydrogens (tertiary/aromatic N) is 1. The average Bonchev–Trinajstić information content (AvgIpc) is 2.75. The van der Waals surface area contributed by atoms with Gasteiger partial charge in [-0.3, -0.25) is 4.90 Å². The maximum atomic E-state index is 12.6. The van der Waals surface area contributed by atoms with Crippen LogP contribution in [0, 0.1) is 0 Å². The normalized spacial score (nSPS) is 14.1. The molecule has 2 aromatic rings. The first-order valence-electron chi connectivity index (χ1n) is 7.62. The third-order valence-electron chi connectivity index (χ3n) is 3.94. The standard InChI is InChI=1S/C18H19ClN2O/c19-16-9-5-6-14(12-16)13-20-18(22)21-11-4-3-8-15-7-1-2-10-17(15)21/h1-2,5-7,9-10,12H,3-4,8,11,13H2,(H,20,22). The number of amides is 2. The number of nitrogens with one attached hydrogen (secondary N) is 1. The highest BCUT2D eigenvalue weighted by Gasteiger charge is 2.20. The van der Waals surface area contributed by atoms with Gasteiger partial charge in [0.05, 0.1) is 0 Å². The number of fused-ring (bicyclic) bond motifs is 1. The lowest BCUT2D eigenvalue weighted by atomic mass is 10.1. The number of benzene rings is 2. The van der Waals surface area contributed by atoms with Crippen LogP contribution in [-0.4, -0.2) is 12.6 Å².